The number of imide groups is 1. The molecule has 0 aromatic heterocycles. The summed E-state index contributed by atoms with van der Waals surface area (Å²) in [6.07, 6.45) is -0.0250. The highest BCUT2D eigenvalue weighted by molar-refractivity contribution is 6.33. The SMILES string of the molecule is Cc1c(N2C(=O)C3C4CC(CN4C(=O)OCc4ccccc4Cl)N3C2=O)ccc(C#N)c1Cl. The molecule has 3 heterocycles. The molecule has 2 aromatic carbocycles. The van der Waals surface area contributed by atoms with Crippen molar-refractivity contribution < 1.29 is 19.1 Å². The zero-order valence-corrected chi connectivity index (χ0v) is 19.0. The van der Waals surface area contributed by atoms with Gasteiger partial charge >= 0.3 is 12.1 Å². The van der Waals surface area contributed by atoms with Crippen molar-refractivity contribution in [3.63, 3.8) is 0 Å². The fourth-order valence-electron chi connectivity index (χ4n) is 4.93. The summed E-state index contributed by atoms with van der Waals surface area (Å²) in [6.45, 7) is 1.97. The maximum absolute atomic E-state index is 13.4. The average Bonchev–Trinajstić information content (AvgIpc) is 3.47. The highest BCUT2D eigenvalue weighted by Crippen LogP contribution is 2.43. The van der Waals surface area contributed by atoms with Gasteiger partial charge in [0, 0.05) is 17.1 Å². The molecule has 4 amide bonds. The van der Waals surface area contributed by atoms with E-state index in [-0.39, 0.29) is 23.2 Å². The summed E-state index contributed by atoms with van der Waals surface area (Å²) in [5.41, 5.74) is 1.77. The third-order valence-corrected chi connectivity index (χ3v) is 7.38. The summed E-state index contributed by atoms with van der Waals surface area (Å²) in [6, 6.07) is 10.2. The zero-order valence-electron chi connectivity index (χ0n) is 17.5. The number of ether oxygens (including phenoxy) is 1. The van der Waals surface area contributed by atoms with Gasteiger partial charge in [-0.15, -0.1) is 0 Å². The van der Waals surface area contributed by atoms with Crippen LogP contribution in [0.25, 0.3) is 0 Å². The Morgan fingerprint density at radius 1 is 1.21 bits per heavy atom. The van der Waals surface area contributed by atoms with Gasteiger partial charge in [0.05, 0.1) is 28.4 Å². The Balaban J connectivity index is 1.36. The number of anilines is 1. The molecule has 2 aromatic rings. The first-order valence-electron chi connectivity index (χ1n) is 10.4. The van der Waals surface area contributed by atoms with E-state index in [1.807, 2.05) is 6.07 Å². The molecule has 2 bridgehead atoms. The second-order valence-electron chi connectivity index (χ2n) is 8.25. The maximum Gasteiger partial charge on any atom is 0.410 e. The lowest BCUT2D eigenvalue weighted by Gasteiger charge is -2.34. The lowest BCUT2D eigenvalue weighted by atomic mass is 10.1. The molecule has 168 valence electrons. The average molecular weight is 485 g/mol. The number of hydrogen-bond acceptors (Lipinski definition) is 5. The summed E-state index contributed by atoms with van der Waals surface area (Å²) < 4.78 is 5.45. The Morgan fingerprint density at radius 3 is 2.70 bits per heavy atom. The van der Waals surface area contributed by atoms with Crippen LogP contribution in [-0.2, 0) is 16.1 Å². The van der Waals surface area contributed by atoms with Crippen LogP contribution < -0.4 is 4.90 Å². The molecule has 8 nitrogen and oxygen atoms in total. The first kappa shape index (κ1) is 21.6. The molecule has 3 saturated heterocycles. The Hall–Kier alpha value is -3.28. The molecule has 3 fully saturated rings. The Bertz CT molecular complexity index is 1240. The molecule has 0 saturated carbocycles. The fourth-order valence-corrected chi connectivity index (χ4v) is 5.32. The predicted octanol–water partition coefficient (Wildman–Crippen LogP) is 4.10. The molecule has 0 spiro atoms. The van der Waals surface area contributed by atoms with Gasteiger partial charge in [0.1, 0.15) is 18.7 Å². The van der Waals surface area contributed by atoms with E-state index in [1.165, 1.54) is 11.0 Å². The standard InChI is InChI=1S/C23H18Cl2N4O4/c1-12-17(7-6-13(9-26)19(12)25)29-21(30)20-18-8-15(28(20)22(29)31)10-27(18)23(32)33-11-14-4-2-3-5-16(14)24/h2-7,15,18,20H,8,10-11H2,1H3. The second kappa shape index (κ2) is 7.94. The van der Waals surface area contributed by atoms with Gasteiger partial charge in [-0.2, -0.15) is 5.26 Å². The molecule has 3 atom stereocenters. The second-order valence-corrected chi connectivity index (χ2v) is 9.03. The number of carbonyl (C=O) groups excluding carboxylic acids is 3. The van der Waals surface area contributed by atoms with E-state index in [4.69, 9.17) is 27.9 Å². The number of rotatable bonds is 3. The van der Waals surface area contributed by atoms with E-state index < -0.39 is 30.1 Å². The topological polar surface area (TPSA) is 94.0 Å². The van der Waals surface area contributed by atoms with Crippen LogP contribution in [0.15, 0.2) is 36.4 Å². The lowest BCUT2D eigenvalue weighted by molar-refractivity contribution is -0.121. The number of fused-ring (bicyclic) bond motifs is 5. The van der Waals surface area contributed by atoms with Crippen LogP contribution in [0.2, 0.25) is 10.0 Å². The summed E-state index contributed by atoms with van der Waals surface area (Å²) in [4.78, 5) is 43.5. The number of piperazine rings is 1. The number of nitrogens with zero attached hydrogens (tertiary/aromatic N) is 4. The third-order valence-electron chi connectivity index (χ3n) is 6.53. The number of carbonyl (C=O) groups is 3. The van der Waals surface area contributed by atoms with Crippen molar-refractivity contribution in [3.8, 4) is 6.07 Å². The van der Waals surface area contributed by atoms with Gasteiger partial charge in [0.25, 0.3) is 5.91 Å². The summed E-state index contributed by atoms with van der Waals surface area (Å²) in [5.74, 6) is -0.417. The van der Waals surface area contributed by atoms with Gasteiger partial charge in [0.15, 0.2) is 0 Å². The summed E-state index contributed by atoms with van der Waals surface area (Å²) in [7, 11) is 0. The monoisotopic (exact) mass is 484 g/mol. The van der Waals surface area contributed by atoms with Crippen LogP contribution in [0, 0.1) is 18.3 Å². The highest BCUT2D eigenvalue weighted by atomic mass is 35.5. The minimum Gasteiger partial charge on any atom is -0.444 e. The predicted molar refractivity (Wildman–Crippen MR) is 120 cm³/mol. The van der Waals surface area contributed by atoms with E-state index in [1.54, 1.807) is 42.2 Å². The van der Waals surface area contributed by atoms with Crippen molar-refractivity contribution in [2.24, 2.45) is 0 Å². The van der Waals surface area contributed by atoms with E-state index >= 15 is 0 Å². The molecule has 5 rings (SSSR count). The van der Waals surface area contributed by atoms with Crippen LogP contribution >= 0.6 is 23.2 Å². The summed E-state index contributed by atoms with van der Waals surface area (Å²) in [5, 5.41) is 9.89. The quantitative estimate of drug-likeness (QED) is 0.611. The zero-order chi connectivity index (χ0) is 23.4. The van der Waals surface area contributed by atoms with E-state index in [0.29, 0.717) is 34.8 Å². The van der Waals surface area contributed by atoms with Crippen LogP contribution in [0.5, 0.6) is 0 Å². The lowest BCUT2D eigenvalue weighted by Crippen LogP contribution is -2.54. The molecule has 3 unspecified atom stereocenters. The van der Waals surface area contributed by atoms with Gasteiger partial charge in [0.2, 0.25) is 0 Å². The summed E-state index contributed by atoms with van der Waals surface area (Å²) >= 11 is 12.4. The Labute approximate surface area is 199 Å². The van der Waals surface area contributed by atoms with E-state index in [9.17, 15) is 19.6 Å². The van der Waals surface area contributed by atoms with Crippen LogP contribution in [0.1, 0.15) is 23.1 Å². The number of hydrogen-bond donors (Lipinski definition) is 0. The van der Waals surface area contributed by atoms with Gasteiger partial charge < -0.3 is 14.5 Å². The highest BCUT2D eigenvalue weighted by Gasteiger charge is 2.63. The van der Waals surface area contributed by atoms with Crippen molar-refractivity contribution in [3.05, 3.63) is 63.1 Å². The minimum atomic E-state index is -0.780. The number of benzene rings is 2. The van der Waals surface area contributed by atoms with Crippen LogP contribution in [0.4, 0.5) is 15.3 Å². The number of amides is 4. The van der Waals surface area contributed by atoms with Crippen LogP contribution in [-0.4, -0.2) is 52.5 Å². The van der Waals surface area contributed by atoms with Crippen molar-refractivity contribution in [1.82, 2.24) is 9.80 Å². The van der Waals surface area contributed by atoms with Gasteiger partial charge in [-0.05, 0) is 37.1 Å². The molecule has 0 aliphatic carbocycles. The van der Waals surface area contributed by atoms with Crippen molar-refractivity contribution in [2.75, 3.05) is 11.4 Å². The van der Waals surface area contributed by atoms with Crippen molar-refractivity contribution >= 4 is 46.9 Å². The molecule has 3 aliphatic rings. The van der Waals surface area contributed by atoms with Crippen molar-refractivity contribution in [2.45, 2.75) is 38.1 Å². The first-order chi connectivity index (χ1) is 15.8. The molecule has 3 aliphatic heterocycles. The minimum absolute atomic E-state index is 0.0166. The molecule has 33 heavy (non-hydrogen) atoms. The van der Waals surface area contributed by atoms with Crippen LogP contribution in [0.3, 0.4) is 0 Å². The normalized spacial score (nSPS) is 23.2. The molecular weight excluding hydrogens is 467 g/mol. The first-order valence-corrected chi connectivity index (χ1v) is 11.1. The van der Waals surface area contributed by atoms with Gasteiger partial charge in [-0.25, -0.2) is 14.5 Å². The largest absolute Gasteiger partial charge is 0.444 e. The smallest absolute Gasteiger partial charge is 0.410 e. The van der Waals surface area contributed by atoms with E-state index in [0.717, 1.165) is 4.90 Å². The maximum atomic E-state index is 13.4. The number of halogens is 2. The van der Waals surface area contributed by atoms with Crippen molar-refractivity contribution in [1.29, 1.82) is 5.26 Å². The number of urea groups is 1. The molecule has 10 heteroatoms. The Kier molecular flexibility index (Phi) is 5.19. The van der Waals surface area contributed by atoms with Gasteiger partial charge in [-0.1, -0.05) is 41.4 Å². The molecular formula is C23H18Cl2N4O4. The molecule has 0 radical (unpaired) electrons. The van der Waals surface area contributed by atoms with E-state index in [2.05, 4.69) is 0 Å². The molecule has 0 N–H and O–H groups in total. The third kappa shape index (κ3) is 3.23. The fraction of sp³-hybridized carbons (Fsp3) is 0.304. The number of likely N-dealkylation sites (tertiary alicyclic amines) is 1. The number of nitriles is 1. The van der Waals surface area contributed by atoms with Gasteiger partial charge in [-0.3, -0.25) is 4.79 Å². The Morgan fingerprint density at radius 2 is 1.97 bits per heavy atom.